The summed E-state index contributed by atoms with van der Waals surface area (Å²) in [4.78, 5) is 23.4. The molecule has 1 aromatic rings. The number of hydrogen-bond acceptors (Lipinski definition) is 4. The number of carboxylic acids is 1. The van der Waals surface area contributed by atoms with Gasteiger partial charge in [-0.25, -0.2) is 8.42 Å². The molecule has 0 bridgehead atoms. The van der Waals surface area contributed by atoms with Crippen LogP contribution in [0.15, 0.2) is 23.1 Å². The number of aliphatic carboxylic acids is 1. The van der Waals surface area contributed by atoms with Crippen molar-refractivity contribution >= 4 is 21.8 Å². The highest BCUT2D eigenvalue weighted by molar-refractivity contribution is 7.89. The van der Waals surface area contributed by atoms with E-state index in [1.165, 1.54) is 16.4 Å². The highest BCUT2D eigenvalue weighted by atomic mass is 32.2. The number of nitrogens with zero attached hydrogens (tertiary/aromatic N) is 1. The number of piperidine rings is 1. The fraction of sp³-hybridized carbons (Fsp3) is 0.529. The van der Waals surface area contributed by atoms with E-state index in [2.05, 4.69) is 0 Å². The van der Waals surface area contributed by atoms with E-state index in [1.54, 1.807) is 6.07 Å². The molecule has 0 aromatic heterocycles. The summed E-state index contributed by atoms with van der Waals surface area (Å²) in [5.41, 5.74) is 1.38. The van der Waals surface area contributed by atoms with Gasteiger partial charge in [0.2, 0.25) is 10.0 Å². The lowest BCUT2D eigenvalue weighted by Gasteiger charge is -2.33. The van der Waals surface area contributed by atoms with Crippen LogP contribution in [0.3, 0.4) is 0 Å². The monoisotopic (exact) mass is 351 g/mol. The van der Waals surface area contributed by atoms with E-state index in [0.717, 1.165) is 18.4 Å². The van der Waals surface area contributed by atoms with Crippen LogP contribution in [0.25, 0.3) is 0 Å². The van der Waals surface area contributed by atoms with E-state index < -0.39 is 21.9 Å². The molecule has 1 aliphatic heterocycles. The van der Waals surface area contributed by atoms with Gasteiger partial charge in [0.15, 0.2) is 5.78 Å². The quantitative estimate of drug-likeness (QED) is 0.898. The molecule has 3 rings (SSSR count). The van der Waals surface area contributed by atoms with Crippen molar-refractivity contribution in [3.8, 4) is 0 Å². The molecule has 2 aliphatic rings. The van der Waals surface area contributed by atoms with Crippen LogP contribution >= 0.6 is 0 Å². The Morgan fingerprint density at radius 2 is 2.00 bits per heavy atom. The van der Waals surface area contributed by atoms with Gasteiger partial charge in [0, 0.05) is 25.1 Å². The Morgan fingerprint density at radius 1 is 1.25 bits per heavy atom. The number of carbonyl (C=O) groups is 2. The molecule has 6 nitrogen and oxygen atoms in total. The smallest absolute Gasteiger partial charge is 0.307 e. The van der Waals surface area contributed by atoms with Crippen LogP contribution in [0.5, 0.6) is 0 Å². The summed E-state index contributed by atoms with van der Waals surface area (Å²) in [6.07, 6.45) is 2.49. The summed E-state index contributed by atoms with van der Waals surface area (Å²) >= 11 is 0. The number of sulfonamides is 1. The number of carboxylic acid groups (broad SMARTS) is 1. The number of carbonyl (C=O) groups excluding carboxylic acids is 1. The molecule has 1 aromatic carbocycles. The van der Waals surface area contributed by atoms with Gasteiger partial charge in [-0.05, 0) is 42.9 Å². The summed E-state index contributed by atoms with van der Waals surface area (Å²) in [6.45, 7) is 2.14. The molecule has 0 saturated carbocycles. The van der Waals surface area contributed by atoms with Crippen LogP contribution < -0.4 is 0 Å². The Balaban J connectivity index is 1.94. The fourth-order valence-corrected chi connectivity index (χ4v) is 5.23. The third-order valence-electron chi connectivity index (χ3n) is 4.84. The third kappa shape index (κ3) is 3.10. The minimum atomic E-state index is -3.80. The Morgan fingerprint density at radius 3 is 2.71 bits per heavy atom. The zero-order chi connectivity index (χ0) is 17.5. The molecule has 1 aliphatic carbocycles. The predicted octanol–water partition coefficient (Wildman–Crippen LogP) is 1.94. The van der Waals surface area contributed by atoms with Gasteiger partial charge in [-0.15, -0.1) is 0 Å². The number of fused-ring (bicyclic) bond motifs is 1. The van der Waals surface area contributed by atoms with Gasteiger partial charge in [0.25, 0.3) is 0 Å². The highest BCUT2D eigenvalue weighted by Gasteiger charge is 2.36. The normalized spacial score (nSPS) is 25.3. The van der Waals surface area contributed by atoms with Gasteiger partial charge < -0.3 is 5.11 Å². The highest BCUT2D eigenvalue weighted by Crippen LogP contribution is 2.29. The van der Waals surface area contributed by atoms with Gasteiger partial charge in [-0.3, -0.25) is 9.59 Å². The molecule has 7 heteroatoms. The van der Waals surface area contributed by atoms with Crippen LogP contribution in [0.1, 0.15) is 42.1 Å². The Kier molecular flexibility index (Phi) is 4.48. The molecule has 2 atom stereocenters. The maximum absolute atomic E-state index is 12.9. The van der Waals surface area contributed by atoms with E-state index >= 15 is 0 Å². The second kappa shape index (κ2) is 6.29. The van der Waals surface area contributed by atoms with Crippen molar-refractivity contribution in [1.82, 2.24) is 4.31 Å². The second-order valence-corrected chi connectivity index (χ2v) is 8.73. The van der Waals surface area contributed by atoms with Crippen LogP contribution in [0.2, 0.25) is 0 Å². The Labute approximate surface area is 141 Å². The minimum Gasteiger partial charge on any atom is -0.481 e. The Hall–Kier alpha value is -1.73. The lowest BCUT2D eigenvalue weighted by Crippen LogP contribution is -2.45. The number of rotatable bonds is 3. The van der Waals surface area contributed by atoms with Crippen LogP contribution in [0.4, 0.5) is 0 Å². The number of hydrogen-bond donors (Lipinski definition) is 1. The summed E-state index contributed by atoms with van der Waals surface area (Å²) < 4.78 is 27.1. The van der Waals surface area contributed by atoms with E-state index in [0.29, 0.717) is 24.9 Å². The minimum absolute atomic E-state index is 0.0196. The van der Waals surface area contributed by atoms with Crippen molar-refractivity contribution in [2.24, 2.45) is 11.8 Å². The maximum atomic E-state index is 12.9. The molecule has 1 saturated heterocycles. The van der Waals surface area contributed by atoms with Gasteiger partial charge in [0.1, 0.15) is 0 Å². The first-order chi connectivity index (χ1) is 11.3. The van der Waals surface area contributed by atoms with Crippen LogP contribution in [-0.4, -0.2) is 42.7 Å². The van der Waals surface area contributed by atoms with Crippen LogP contribution in [-0.2, 0) is 21.2 Å². The van der Waals surface area contributed by atoms with Crippen molar-refractivity contribution in [1.29, 1.82) is 0 Å². The summed E-state index contributed by atoms with van der Waals surface area (Å²) in [5.74, 6) is -1.71. The lowest BCUT2D eigenvalue weighted by molar-refractivity contribution is -0.143. The topological polar surface area (TPSA) is 91.8 Å². The first kappa shape index (κ1) is 17.1. The van der Waals surface area contributed by atoms with E-state index in [1.807, 2.05) is 6.92 Å². The molecule has 1 heterocycles. The molecule has 0 amide bonds. The maximum Gasteiger partial charge on any atom is 0.307 e. The zero-order valence-corrected chi connectivity index (χ0v) is 14.4. The van der Waals surface area contributed by atoms with E-state index in [4.69, 9.17) is 0 Å². The molecule has 130 valence electrons. The summed E-state index contributed by atoms with van der Waals surface area (Å²) in [7, 11) is -3.80. The van der Waals surface area contributed by atoms with Crippen molar-refractivity contribution in [2.45, 2.75) is 37.5 Å². The number of aryl methyl sites for hydroxylation is 1. The van der Waals surface area contributed by atoms with Gasteiger partial charge in [-0.2, -0.15) is 4.31 Å². The van der Waals surface area contributed by atoms with E-state index in [9.17, 15) is 23.1 Å². The average molecular weight is 351 g/mol. The molecular weight excluding hydrogens is 330 g/mol. The lowest BCUT2D eigenvalue weighted by atomic mass is 9.91. The summed E-state index contributed by atoms with van der Waals surface area (Å²) in [5, 5.41) is 9.24. The molecule has 0 spiro atoms. The largest absolute Gasteiger partial charge is 0.481 e. The van der Waals surface area contributed by atoms with Crippen molar-refractivity contribution in [3.63, 3.8) is 0 Å². The first-order valence-corrected chi connectivity index (χ1v) is 9.62. The van der Waals surface area contributed by atoms with Crippen LogP contribution in [0, 0.1) is 11.8 Å². The third-order valence-corrected chi connectivity index (χ3v) is 6.67. The zero-order valence-electron chi connectivity index (χ0n) is 13.6. The molecule has 0 radical (unpaired) electrons. The Bertz CT molecular complexity index is 786. The SMILES string of the molecule is CC1CC(C(=O)O)CN(S(=O)(=O)c2ccc3c(c2)C(=O)CCC3)C1. The first-order valence-electron chi connectivity index (χ1n) is 8.18. The summed E-state index contributed by atoms with van der Waals surface area (Å²) in [6, 6.07) is 4.70. The fourth-order valence-electron chi connectivity index (χ4n) is 3.59. The van der Waals surface area contributed by atoms with Crippen molar-refractivity contribution in [2.75, 3.05) is 13.1 Å². The van der Waals surface area contributed by atoms with E-state index in [-0.39, 0.29) is 23.1 Å². The van der Waals surface area contributed by atoms with Gasteiger partial charge in [0.05, 0.1) is 10.8 Å². The van der Waals surface area contributed by atoms with Crippen molar-refractivity contribution in [3.05, 3.63) is 29.3 Å². The average Bonchev–Trinajstić information content (AvgIpc) is 2.54. The number of benzene rings is 1. The molecular formula is C17H21NO5S. The number of Topliss-reactive ketones (excluding diaryl/α,β-unsaturated/α-hetero) is 1. The molecule has 24 heavy (non-hydrogen) atoms. The van der Waals surface area contributed by atoms with Crippen molar-refractivity contribution < 1.29 is 23.1 Å². The molecule has 1 fully saturated rings. The second-order valence-electron chi connectivity index (χ2n) is 6.79. The van der Waals surface area contributed by atoms with Gasteiger partial charge in [-0.1, -0.05) is 13.0 Å². The predicted molar refractivity (Wildman–Crippen MR) is 87.4 cm³/mol. The standard InChI is InChI=1S/C17H21NO5S/c1-11-7-13(17(20)21)10-18(9-11)24(22,23)14-6-5-12-3-2-4-16(19)15(12)8-14/h5-6,8,11,13H,2-4,7,9-10H2,1H3,(H,20,21). The molecule has 1 N–H and O–H groups in total. The molecule has 2 unspecified atom stereocenters. The number of ketones is 1. The van der Waals surface area contributed by atoms with Gasteiger partial charge >= 0.3 is 5.97 Å².